The van der Waals surface area contributed by atoms with Crippen molar-refractivity contribution in [2.24, 2.45) is 0 Å². The molecule has 6 nitrogen and oxygen atoms in total. The van der Waals surface area contributed by atoms with Gasteiger partial charge in [-0.2, -0.15) is 14.0 Å². The summed E-state index contributed by atoms with van der Waals surface area (Å²) in [4.78, 5) is 21.3. The highest BCUT2D eigenvalue weighted by Gasteiger charge is 2.31. The predicted molar refractivity (Wildman–Crippen MR) is 108 cm³/mol. The summed E-state index contributed by atoms with van der Waals surface area (Å²) in [5, 5.41) is 8.94. The van der Waals surface area contributed by atoms with Crippen molar-refractivity contribution in [3.8, 4) is 11.8 Å². The van der Waals surface area contributed by atoms with E-state index in [1.165, 1.54) is 18.3 Å². The molecule has 0 radical (unpaired) electrons. The third-order valence-electron chi connectivity index (χ3n) is 5.34. The molecule has 0 N–H and O–H groups in total. The molecule has 1 saturated heterocycles. The van der Waals surface area contributed by atoms with Gasteiger partial charge in [0.05, 0.1) is 18.1 Å². The van der Waals surface area contributed by atoms with Gasteiger partial charge in [0.2, 0.25) is 0 Å². The highest BCUT2D eigenvalue weighted by Crippen LogP contribution is 2.28. The monoisotopic (exact) mass is 414 g/mol. The average Bonchev–Trinajstić information content (AvgIpc) is 2.76. The van der Waals surface area contributed by atoms with Gasteiger partial charge >= 0.3 is 6.61 Å². The lowest BCUT2D eigenvalue weighted by Crippen LogP contribution is -2.49. The first-order chi connectivity index (χ1) is 14.5. The van der Waals surface area contributed by atoms with Crippen molar-refractivity contribution in [2.45, 2.75) is 44.9 Å². The number of piperidine rings is 1. The molecule has 0 saturated carbocycles. The van der Waals surface area contributed by atoms with Crippen LogP contribution in [-0.4, -0.2) is 47.6 Å². The Bertz CT molecular complexity index is 863. The molecule has 8 heteroatoms. The largest absolute Gasteiger partial charge is 0.435 e. The maximum Gasteiger partial charge on any atom is 0.387 e. The van der Waals surface area contributed by atoms with Crippen LogP contribution in [0.1, 0.15) is 36.5 Å². The third kappa shape index (κ3) is 5.30. The van der Waals surface area contributed by atoms with Gasteiger partial charge in [0.15, 0.2) is 0 Å². The van der Waals surface area contributed by atoms with E-state index >= 15 is 0 Å². The lowest BCUT2D eigenvalue weighted by molar-refractivity contribution is -0.0498. The van der Waals surface area contributed by atoms with Gasteiger partial charge in [-0.1, -0.05) is 0 Å². The summed E-state index contributed by atoms with van der Waals surface area (Å²) in [6.07, 6.45) is 5.09. The SMILES string of the molecule is CC(CC#N)N1CCC(N(C(=O)c2cccnc2)c2ccc(OC(F)F)cc2)CC1. The molecule has 0 bridgehead atoms. The van der Waals surface area contributed by atoms with E-state index in [9.17, 15) is 13.6 Å². The molecular formula is C22H24F2N4O2. The molecule has 1 aliphatic heterocycles. The maximum absolute atomic E-state index is 13.3. The van der Waals surface area contributed by atoms with E-state index in [0.29, 0.717) is 17.7 Å². The van der Waals surface area contributed by atoms with E-state index in [0.717, 1.165) is 25.9 Å². The number of rotatable bonds is 7. The summed E-state index contributed by atoms with van der Waals surface area (Å²) in [6.45, 7) is 0.682. The number of carbonyl (C=O) groups is 1. The Morgan fingerprint density at radius 1 is 1.30 bits per heavy atom. The second-order valence-electron chi connectivity index (χ2n) is 7.27. The molecule has 158 valence electrons. The van der Waals surface area contributed by atoms with Gasteiger partial charge in [-0.3, -0.25) is 14.7 Å². The first-order valence-corrected chi connectivity index (χ1v) is 9.89. The number of hydrogen-bond donors (Lipinski definition) is 0. The molecule has 30 heavy (non-hydrogen) atoms. The lowest BCUT2D eigenvalue weighted by Gasteiger charge is -2.40. The molecule has 1 aromatic heterocycles. The van der Waals surface area contributed by atoms with Crippen LogP contribution in [0, 0.1) is 11.3 Å². The molecule has 1 fully saturated rings. The number of benzene rings is 1. The number of pyridine rings is 1. The van der Waals surface area contributed by atoms with Gasteiger partial charge in [-0.05, 0) is 56.2 Å². The van der Waals surface area contributed by atoms with Crippen molar-refractivity contribution in [3.05, 3.63) is 54.4 Å². The van der Waals surface area contributed by atoms with Crippen LogP contribution in [0.5, 0.6) is 5.75 Å². The molecule has 1 aliphatic rings. The number of nitrogens with zero attached hydrogens (tertiary/aromatic N) is 4. The minimum atomic E-state index is -2.90. The van der Waals surface area contributed by atoms with E-state index < -0.39 is 6.61 Å². The van der Waals surface area contributed by atoms with Crippen LogP contribution in [0.4, 0.5) is 14.5 Å². The van der Waals surface area contributed by atoms with Crippen molar-refractivity contribution >= 4 is 11.6 Å². The van der Waals surface area contributed by atoms with Crippen molar-refractivity contribution in [2.75, 3.05) is 18.0 Å². The highest BCUT2D eigenvalue weighted by molar-refractivity contribution is 6.06. The summed E-state index contributed by atoms with van der Waals surface area (Å²) in [5.41, 5.74) is 1.08. The molecule has 1 amide bonds. The Kier molecular flexibility index (Phi) is 7.31. The molecule has 1 aromatic carbocycles. The molecule has 2 heterocycles. The van der Waals surface area contributed by atoms with Gasteiger partial charge in [0, 0.05) is 43.3 Å². The lowest BCUT2D eigenvalue weighted by atomic mass is 9.99. The van der Waals surface area contributed by atoms with E-state index in [1.807, 2.05) is 6.92 Å². The predicted octanol–water partition coefficient (Wildman–Crippen LogP) is 4.10. The summed E-state index contributed by atoms with van der Waals surface area (Å²) in [7, 11) is 0. The number of aromatic nitrogens is 1. The Labute approximate surface area is 174 Å². The van der Waals surface area contributed by atoms with Crippen molar-refractivity contribution < 1.29 is 18.3 Å². The summed E-state index contributed by atoms with van der Waals surface area (Å²) in [6, 6.07) is 11.9. The number of anilines is 1. The Morgan fingerprint density at radius 3 is 2.57 bits per heavy atom. The van der Waals surface area contributed by atoms with E-state index in [4.69, 9.17) is 5.26 Å². The third-order valence-corrected chi connectivity index (χ3v) is 5.34. The smallest absolute Gasteiger partial charge is 0.387 e. The molecule has 3 rings (SSSR count). The quantitative estimate of drug-likeness (QED) is 0.682. The number of amides is 1. The molecule has 0 spiro atoms. The second-order valence-corrected chi connectivity index (χ2v) is 7.27. The molecular weight excluding hydrogens is 390 g/mol. The summed E-state index contributed by atoms with van der Waals surface area (Å²) in [5.74, 6) is -0.142. The topological polar surface area (TPSA) is 69.5 Å². The van der Waals surface area contributed by atoms with Crippen LogP contribution in [0.15, 0.2) is 48.8 Å². The zero-order valence-corrected chi connectivity index (χ0v) is 16.7. The fraction of sp³-hybridized carbons (Fsp3) is 0.409. The zero-order chi connectivity index (χ0) is 21.5. The van der Waals surface area contributed by atoms with E-state index in [-0.39, 0.29) is 23.7 Å². The summed E-state index contributed by atoms with van der Waals surface area (Å²) < 4.78 is 29.3. The first-order valence-electron chi connectivity index (χ1n) is 9.89. The fourth-order valence-electron chi connectivity index (χ4n) is 3.76. The number of hydrogen-bond acceptors (Lipinski definition) is 5. The van der Waals surface area contributed by atoms with Gasteiger partial charge in [-0.25, -0.2) is 0 Å². The minimum absolute atomic E-state index is 0.0441. The Balaban J connectivity index is 1.82. The fourth-order valence-corrected chi connectivity index (χ4v) is 3.76. The number of ether oxygens (including phenoxy) is 1. The number of carbonyl (C=O) groups excluding carboxylic acids is 1. The molecule has 0 aliphatic carbocycles. The normalized spacial score (nSPS) is 16.1. The van der Waals surface area contributed by atoms with Crippen LogP contribution >= 0.6 is 0 Å². The average molecular weight is 414 g/mol. The van der Waals surface area contributed by atoms with Gasteiger partial charge < -0.3 is 9.64 Å². The zero-order valence-electron chi connectivity index (χ0n) is 16.7. The van der Waals surface area contributed by atoms with Crippen LogP contribution in [0.2, 0.25) is 0 Å². The van der Waals surface area contributed by atoms with Crippen LogP contribution in [0.25, 0.3) is 0 Å². The summed E-state index contributed by atoms with van der Waals surface area (Å²) >= 11 is 0. The van der Waals surface area contributed by atoms with Crippen LogP contribution in [-0.2, 0) is 0 Å². The van der Waals surface area contributed by atoms with Gasteiger partial charge in [0.1, 0.15) is 5.75 Å². The van der Waals surface area contributed by atoms with Crippen LogP contribution < -0.4 is 9.64 Å². The van der Waals surface area contributed by atoms with Crippen molar-refractivity contribution in [3.63, 3.8) is 0 Å². The molecule has 1 atom stereocenters. The van der Waals surface area contributed by atoms with E-state index in [2.05, 4.69) is 20.7 Å². The van der Waals surface area contributed by atoms with Gasteiger partial charge in [0.25, 0.3) is 5.91 Å². The number of halogens is 2. The van der Waals surface area contributed by atoms with Crippen molar-refractivity contribution in [1.29, 1.82) is 5.26 Å². The Morgan fingerprint density at radius 2 is 2.00 bits per heavy atom. The number of likely N-dealkylation sites (tertiary alicyclic amines) is 1. The van der Waals surface area contributed by atoms with E-state index in [1.54, 1.807) is 35.4 Å². The standard InChI is InChI=1S/C22H24F2N4O2/c1-16(8-11-25)27-13-9-19(10-14-27)28(21(29)17-3-2-12-26-15-17)18-4-6-20(7-5-18)30-22(23)24/h2-7,12,15-16,19,22H,8-10,13-14H2,1H3. The highest BCUT2D eigenvalue weighted by atomic mass is 19.3. The van der Waals surface area contributed by atoms with Crippen LogP contribution in [0.3, 0.4) is 0 Å². The maximum atomic E-state index is 13.3. The molecule has 2 aromatic rings. The molecule has 1 unspecified atom stereocenters. The minimum Gasteiger partial charge on any atom is -0.435 e. The first kappa shape index (κ1) is 21.7. The number of nitriles is 1. The Hall–Kier alpha value is -3.05. The van der Waals surface area contributed by atoms with Crippen molar-refractivity contribution in [1.82, 2.24) is 9.88 Å². The van der Waals surface area contributed by atoms with Gasteiger partial charge in [-0.15, -0.1) is 0 Å². The second kappa shape index (κ2) is 10.1. The number of alkyl halides is 2.